The summed E-state index contributed by atoms with van der Waals surface area (Å²) in [6.07, 6.45) is 9.16. The second-order valence-corrected chi connectivity index (χ2v) is 4.05. The van der Waals surface area contributed by atoms with Crippen molar-refractivity contribution in [3.63, 3.8) is 0 Å². The lowest BCUT2D eigenvalue weighted by Gasteiger charge is -2.27. The molecule has 3 unspecified atom stereocenters. The minimum atomic E-state index is 0.630. The molecule has 0 amide bonds. The number of allylic oxidation sites excluding steroid dienone is 2. The van der Waals surface area contributed by atoms with E-state index in [4.69, 9.17) is 0 Å². The van der Waals surface area contributed by atoms with Crippen LogP contribution in [0.2, 0.25) is 0 Å². The van der Waals surface area contributed by atoms with Crippen molar-refractivity contribution in [2.75, 3.05) is 0 Å². The fourth-order valence-corrected chi connectivity index (χ4v) is 2.78. The summed E-state index contributed by atoms with van der Waals surface area (Å²) < 4.78 is 0. The smallest absolute Gasteiger partial charge is 0.00893 e. The number of hydrogen-bond acceptors (Lipinski definition) is 0. The van der Waals surface area contributed by atoms with E-state index in [2.05, 4.69) is 26.0 Å². The second kappa shape index (κ2) is 1.87. The minimum absolute atomic E-state index is 0.630. The molecule has 0 saturated heterocycles. The van der Waals surface area contributed by atoms with Crippen molar-refractivity contribution < 1.29 is 0 Å². The molecule has 10 heavy (non-hydrogen) atoms. The normalized spacial score (nSPS) is 50.6. The molecule has 0 nitrogen and oxygen atoms in total. The lowest BCUT2D eigenvalue weighted by atomic mass is 9.77. The van der Waals surface area contributed by atoms with E-state index >= 15 is 0 Å². The third-order valence-electron chi connectivity index (χ3n) is 3.64. The van der Waals surface area contributed by atoms with Crippen molar-refractivity contribution in [2.45, 2.75) is 33.1 Å². The van der Waals surface area contributed by atoms with Gasteiger partial charge in [-0.25, -0.2) is 0 Å². The molecule has 0 aromatic rings. The largest absolute Gasteiger partial charge is 0.0848 e. The van der Waals surface area contributed by atoms with Gasteiger partial charge >= 0.3 is 0 Å². The molecular formula is C10H16. The molecule has 2 aliphatic carbocycles. The zero-order valence-electron chi connectivity index (χ0n) is 6.93. The fourth-order valence-electron chi connectivity index (χ4n) is 2.78. The average Bonchev–Trinajstić information content (AvgIpc) is 2.44. The van der Waals surface area contributed by atoms with E-state index in [0.29, 0.717) is 5.41 Å². The van der Waals surface area contributed by atoms with Crippen LogP contribution in [0, 0.1) is 17.3 Å². The molecule has 0 N–H and O–H groups in total. The highest BCUT2D eigenvalue weighted by Crippen LogP contribution is 2.54. The first-order valence-electron chi connectivity index (χ1n) is 4.46. The molecule has 0 heteroatoms. The van der Waals surface area contributed by atoms with Gasteiger partial charge in [0.05, 0.1) is 0 Å². The summed E-state index contributed by atoms with van der Waals surface area (Å²) in [7, 11) is 0. The van der Waals surface area contributed by atoms with Crippen molar-refractivity contribution >= 4 is 0 Å². The van der Waals surface area contributed by atoms with Crippen molar-refractivity contribution in [3.8, 4) is 0 Å². The maximum atomic E-state index is 2.48. The first-order chi connectivity index (χ1) is 4.77. The van der Waals surface area contributed by atoms with E-state index in [1.807, 2.05) is 0 Å². The van der Waals surface area contributed by atoms with Gasteiger partial charge in [0.15, 0.2) is 0 Å². The predicted octanol–water partition coefficient (Wildman–Crippen LogP) is 3.00. The molecular weight excluding hydrogens is 120 g/mol. The van der Waals surface area contributed by atoms with Crippen LogP contribution in [-0.4, -0.2) is 0 Å². The summed E-state index contributed by atoms with van der Waals surface area (Å²) in [6.45, 7) is 4.74. The Labute approximate surface area is 63.3 Å². The van der Waals surface area contributed by atoms with Gasteiger partial charge in [-0.05, 0) is 36.5 Å². The Balaban J connectivity index is 2.28. The molecule has 0 spiro atoms. The van der Waals surface area contributed by atoms with E-state index in [0.717, 1.165) is 11.8 Å². The third kappa shape index (κ3) is 0.624. The Morgan fingerprint density at radius 2 is 2.40 bits per heavy atom. The van der Waals surface area contributed by atoms with Gasteiger partial charge in [0.2, 0.25) is 0 Å². The van der Waals surface area contributed by atoms with Crippen molar-refractivity contribution in [2.24, 2.45) is 17.3 Å². The molecule has 2 aliphatic rings. The van der Waals surface area contributed by atoms with Gasteiger partial charge < -0.3 is 0 Å². The number of hydrogen-bond donors (Lipinski definition) is 0. The van der Waals surface area contributed by atoms with Gasteiger partial charge in [0.25, 0.3) is 0 Å². The standard InChI is InChI=1S/C10H16/c1-3-10-5-4-9(7-10)6-8(10)2/h4-5,8-9H,3,6-7H2,1-2H3. The summed E-state index contributed by atoms with van der Waals surface area (Å²) in [4.78, 5) is 0. The van der Waals surface area contributed by atoms with Crippen LogP contribution in [0.3, 0.4) is 0 Å². The molecule has 1 saturated carbocycles. The molecule has 0 heterocycles. The Morgan fingerprint density at radius 1 is 1.60 bits per heavy atom. The monoisotopic (exact) mass is 136 g/mol. The second-order valence-electron chi connectivity index (χ2n) is 4.05. The minimum Gasteiger partial charge on any atom is -0.0848 e. The molecule has 0 aromatic heterocycles. The predicted molar refractivity (Wildman–Crippen MR) is 43.8 cm³/mol. The zero-order valence-corrected chi connectivity index (χ0v) is 6.93. The summed E-state index contributed by atoms with van der Waals surface area (Å²) in [5.41, 5.74) is 0.630. The molecule has 0 aliphatic heterocycles. The van der Waals surface area contributed by atoms with Gasteiger partial charge in [-0.1, -0.05) is 26.0 Å². The Hall–Kier alpha value is -0.260. The highest BCUT2D eigenvalue weighted by atomic mass is 14.5. The topological polar surface area (TPSA) is 0 Å². The quantitative estimate of drug-likeness (QED) is 0.486. The average molecular weight is 136 g/mol. The Bertz CT molecular complexity index is 169. The molecule has 56 valence electrons. The highest BCUT2D eigenvalue weighted by molar-refractivity contribution is 5.17. The van der Waals surface area contributed by atoms with Gasteiger partial charge in [-0.15, -0.1) is 0 Å². The van der Waals surface area contributed by atoms with Crippen molar-refractivity contribution in [3.05, 3.63) is 12.2 Å². The molecule has 1 fully saturated rings. The van der Waals surface area contributed by atoms with E-state index in [-0.39, 0.29) is 0 Å². The highest BCUT2D eigenvalue weighted by Gasteiger charge is 2.44. The van der Waals surface area contributed by atoms with Crippen molar-refractivity contribution in [1.29, 1.82) is 0 Å². The zero-order chi connectivity index (χ0) is 7.19. The first kappa shape index (κ1) is 6.45. The first-order valence-corrected chi connectivity index (χ1v) is 4.46. The maximum absolute atomic E-state index is 2.48. The summed E-state index contributed by atoms with van der Waals surface area (Å²) in [6, 6.07) is 0. The summed E-state index contributed by atoms with van der Waals surface area (Å²) in [5, 5.41) is 0. The molecule has 2 rings (SSSR count). The van der Waals surface area contributed by atoms with Crippen molar-refractivity contribution in [1.82, 2.24) is 0 Å². The Kier molecular flexibility index (Phi) is 1.21. The van der Waals surface area contributed by atoms with Crippen LogP contribution in [0.5, 0.6) is 0 Å². The maximum Gasteiger partial charge on any atom is -0.00893 e. The molecule has 0 aromatic carbocycles. The van der Waals surface area contributed by atoms with Gasteiger partial charge in [0.1, 0.15) is 0 Å². The van der Waals surface area contributed by atoms with Crippen LogP contribution in [0.25, 0.3) is 0 Å². The van der Waals surface area contributed by atoms with E-state index in [1.165, 1.54) is 19.3 Å². The van der Waals surface area contributed by atoms with Gasteiger partial charge in [0, 0.05) is 0 Å². The van der Waals surface area contributed by atoms with Crippen LogP contribution in [0.15, 0.2) is 12.2 Å². The van der Waals surface area contributed by atoms with Crippen LogP contribution in [0.1, 0.15) is 33.1 Å². The van der Waals surface area contributed by atoms with Crippen LogP contribution < -0.4 is 0 Å². The van der Waals surface area contributed by atoms with E-state index < -0.39 is 0 Å². The van der Waals surface area contributed by atoms with Crippen LogP contribution in [0.4, 0.5) is 0 Å². The lowest BCUT2D eigenvalue weighted by Crippen LogP contribution is -2.18. The Morgan fingerprint density at radius 3 is 2.70 bits per heavy atom. The van der Waals surface area contributed by atoms with Crippen LogP contribution in [-0.2, 0) is 0 Å². The number of rotatable bonds is 1. The molecule has 3 atom stereocenters. The van der Waals surface area contributed by atoms with Gasteiger partial charge in [-0.3, -0.25) is 0 Å². The molecule has 0 radical (unpaired) electrons. The fraction of sp³-hybridized carbons (Fsp3) is 0.800. The van der Waals surface area contributed by atoms with Gasteiger partial charge in [-0.2, -0.15) is 0 Å². The van der Waals surface area contributed by atoms with E-state index in [9.17, 15) is 0 Å². The number of fused-ring (bicyclic) bond motifs is 2. The third-order valence-corrected chi connectivity index (χ3v) is 3.64. The summed E-state index contributed by atoms with van der Waals surface area (Å²) >= 11 is 0. The lowest BCUT2D eigenvalue weighted by molar-refractivity contribution is 0.287. The van der Waals surface area contributed by atoms with E-state index in [1.54, 1.807) is 0 Å². The van der Waals surface area contributed by atoms with Crippen LogP contribution >= 0.6 is 0 Å². The summed E-state index contributed by atoms with van der Waals surface area (Å²) in [5.74, 6) is 1.89. The SMILES string of the molecule is CCC12C=CC(CC1C)C2. The molecule has 2 bridgehead atoms.